The lowest BCUT2D eigenvalue weighted by molar-refractivity contribution is 0.0946. The van der Waals surface area contributed by atoms with Crippen molar-refractivity contribution in [3.63, 3.8) is 0 Å². The number of amides is 1. The van der Waals surface area contributed by atoms with Crippen molar-refractivity contribution in [2.45, 2.75) is 18.9 Å². The normalized spacial score (nSPS) is 13.8. The highest BCUT2D eigenvalue weighted by Crippen LogP contribution is 2.20. The third kappa shape index (κ3) is 3.12. The minimum Gasteiger partial charge on any atom is -0.354 e. The summed E-state index contributed by atoms with van der Waals surface area (Å²) in [6, 6.07) is 9.81. The Morgan fingerprint density at radius 1 is 1.10 bits per heavy atom. The topological polar surface area (TPSA) is 54.0 Å². The maximum atomic E-state index is 12.8. The molecule has 0 aliphatic heterocycles. The third-order valence-electron chi connectivity index (χ3n) is 3.04. The fourth-order valence-corrected chi connectivity index (χ4v) is 1.79. The van der Waals surface area contributed by atoms with Gasteiger partial charge in [0.25, 0.3) is 5.91 Å². The Morgan fingerprint density at radius 3 is 2.40 bits per heavy atom. The van der Waals surface area contributed by atoms with Crippen LogP contribution in [0.15, 0.2) is 42.6 Å². The minimum atomic E-state index is -0.277. The molecule has 2 aromatic rings. The van der Waals surface area contributed by atoms with Gasteiger partial charge >= 0.3 is 0 Å². The average molecular weight is 271 g/mol. The highest BCUT2D eigenvalue weighted by molar-refractivity contribution is 5.92. The van der Waals surface area contributed by atoms with Crippen LogP contribution in [0.5, 0.6) is 0 Å². The van der Waals surface area contributed by atoms with Crippen molar-refractivity contribution in [3.8, 4) is 0 Å². The molecule has 1 aromatic heterocycles. The summed E-state index contributed by atoms with van der Waals surface area (Å²) in [5, 5.41) is 5.97. The Hall–Kier alpha value is -2.43. The standard InChI is InChI=1S/C15H14FN3O/c16-10-1-3-11(4-2-10)18-13-7-8-14(17-9-13)15(20)19-12-5-6-12/h1-4,7-9,12,18H,5-6H2,(H,19,20). The monoisotopic (exact) mass is 271 g/mol. The Balaban J connectivity index is 1.66. The van der Waals surface area contributed by atoms with Gasteiger partial charge in [-0.15, -0.1) is 0 Å². The smallest absolute Gasteiger partial charge is 0.270 e. The van der Waals surface area contributed by atoms with E-state index in [0.29, 0.717) is 11.7 Å². The van der Waals surface area contributed by atoms with Gasteiger partial charge in [0.2, 0.25) is 0 Å². The van der Waals surface area contributed by atoms with E-state index in [0.717, 1.165) is 24.2 Å². The van der Waals surface area contributed by atoms with Crippen LogP contribution in [0.2, 0.25) is 0 Å². The van der Waals surface area contributed by atoms with Crippen LogP contribution in [-0.2, 0) is 0 Å². The molecule has 0 bridgehead atoms. The first-order valence-electron chi connectivity index (χ1n) is 6.50. The molecule has 3 rings (SSSR count). The van der Waals surface area contributed by atoms with Crippen LogP contribution in [0.3, 0.4) is 0 Å². The van der Waals surface area contributed by atoms with Crippen LogP contribution < -0.4 is 10.6 Å². The number of pyridine rings is 1. The zero-order valence-corrected chi connectivity index (χ0v) is 10.8. The number of aromatic nitrogens is 1. The van der Waals surface area contributed by atoms with E-state index in [1.807, 2.05) is 0 Å². The fraction of sp³-hybridized carbons (Fsp3) is 0.200. The second kappa shape index (κ2) is 5.28. The maximum absolute atomic E-state index is 12.8. The summed E-state index contributed by atoms with van der Waals surface area (Å²) in [7, 11) is 0. The number of hydrogen-bond acceptors (Lipinski definition) is 3. The predicted molar refractivity (Wildman–Crippen MR) is 74.4 cm³/mol. The number of hydrogen-bond donors (Lipinski definition) is 2. The molecule has 1 heterocycles. The summed E-state index contributed by atoms with van der Waals surface area (Å²) in [6.07, 6.45) is 3.69. The van der Waals surface area contributed by atoms with Gasteiger partial charge in [0, 0.05) is 11.7 Å². The molecule has 1 saturated carbocycles. The largest absolute Gasteiger partial charge is 0.354 e. The predicted octanol–water partition coefficient (Wildman–Crippen LogP) is 2.86. The second-order valence-corrected chi connectivity index (χ2v) is 4.81. The van der Waals surface area contributed by atoms with Crippen LogP contribution in [0.1, 0.15) is 23.3 Å². The van der Waals surface area contributed by atoms with Crippen molar-refractivity contribution in [1.82, 2.24) is 10.3 Å². The molecule has 0 unspecified atom stereocenters. The van der Waals surface area contributed by atoms with E-state index in [9.17, 15) is 9.18 Å². The molecule has 1 aliphatic rings. The Labute approximate surface area is 116 Å². The molecule has 0 radical (unpaired) electrons. The zero-order valence-electron chi connectivity index (χ0n) is 10.8. The molecule has 1 aliphatic carbocycles. The number of nitrogens with zero attached hydrogens (tertiary/aromatic N) is 1. The van der Waals surface area contributed by atoms with Crippen LogP contribution >= 0.6 is 0 Å². The maximum Gasteiger partial charge on any atom is 0.270 e. The Bertz CT molecular complexity index is 606. The first-order chi connectivity index (χ1) is 9.70. The van der Waals surface area contributed by atoms with Crippen molar-refractivity contribution in [1.29, 1.82) is 0 Å². The number of nitrogens with one attached hydrogen (secondary N) is 2. The number of benzene rings is 1. The lowest BCUT2D eigenvalue weighted by atomic mass is 10.2. The molecular weight excluding hydrogens is 257 g/mol. The van der Waals surface area contributed by atoms with Crippen LogP contribution in [0.25, 0.3) is 0 Å². The molecular formula is C15H14FN3O. The first kappa shape index (κ1) is 12.6. The molecule has 5 heteroatoms. The van der Waals surface area contributed by atoms with Crippen molar-refractivity contribution in [2.24, 2.45) is 0 Å². The van der Waals surface area contributed by atoms with Gasteiger partial charge in [0.15, 0.2) is 0 Å². The molecule has 4 nitrogen and oxygen atoms in total. The van der Waals surface area contributed by atoms with Gasteiger partial charge < -0.3 is 10.6 Å². The fourth-order valence-electron chi connectivity index (χ4n) is 1.79. The summed E-state index contributed by atoms with van der Waals surface area (Å²) in [5.41, 5.74) is 1.92. The second-order valence-electron chi connectivity index (χ2n) is 4.81. The number of carbonyl (C=O) groups is 1. The molecule has 2 N–H and O–H groups in total. The molecule has 0 atom stereocenters. The van der Waals surface area contributed by atoms with Crippen molar-refractivity contribution >= 4 is 17.3 Å². The number of carbonyl (C=O) groups excluding carboxylic acids is 1. The van der Waals surface area contributed by atoms with Crippen molar-refractivity contribution < 1.29 is 9.18 Å². The molecule has 1 amide bonds. The van der Waals surface area contributed by atoms with E-state index >= 15 is 0 Å². The van der Waals surface area contributed by atoms with Crippen molar-refractivity contribution in [2.75, 3.05) is 5.32 Å². The van der Waals surface area contributed by atoms with Gasteiger partial charge in [-0.2, -0.15) is 0 Å². The summed E-state index contributed by atoms with van der Waals surface area (Å²) in [5.74, 6) is -0.415. The van der Waals surface area contributed by atoms with E-state index in [2.05, 4.69) is 15.6 Å². The average Bonchev–Trinajstić information content (AvgIpc) is 3.26. The quantitative estimate of drug-likeness (QED) is 0.899. The van der Waals surface area contributed by atoms with Gasteiger partial charge in [0.1, 0.15) is 11.5 Å². The SMILES string of the molecule is O=C(NC1CC1)c1ccc(Nc2ccc(F)cc2)cn1. The highest BCUT2D eigenvalue weighted by Gasteiger charge is 2.24. The van der Waals surface area contributed by atoms with Crippen LogP contribution in [0.4, 0.5) is 15.8 Å². The van der Waals surface area contributed by atoms with Crippen LogP contribution in [-0.4, -0.2) is 16.9 Å². The van der Waals surface area contributed by atoms with Crippen molar-refractivity contribution in [3.05, 3.63) is 54.1 Å². The van der Waals surface area contributed by atoms with E-state index in [-0.39, 0.29) is 11.7 Å². The van der Waals surface area contributed by atoms with E-state index < -0.39 is 0 Å². The third-order valence-corrected chi connectivity index (χ3v) is 3.04. The molecule has 102 valence electrons. The first-order valence-corrected chi connectivity index (χ1v) is 6.50. The van der Waals surface area contributed by atoms with Gasteiger partial charge in [0.05, 0.1) is 11.9 Å². The summed E-state index contributed by atoms with van der Waals surface area (Å²) in [6.45, 7) is 0. The Kier molecular flexibility index (Phi) is 3.33. The number of halogens is 1. The zero-order chi connectivity index (χ0) is 13.9. The van der Waals surface area contributed by atoms with Gasteiger partial charge in [-0.3, -0.25) is 4.79 Å². The summed E-state index contributed by atoms with van der Waals surface area (Å²) >= 11 is 0. The van der Waals surface area contributed by atoms with E-state index in [1.165, 1.54) is 12.1 Å². The molecule has 1 aromatic carbocycles. The van der Waals surface area contributed by atoms with Crippen LogP contribution in [0, 0.1) is 5.82 Å². The molecule has 1 fully saturated rings. The van der Waals surface area contributed by atoms with E-state index in [4.69, 9.17) is 0 Å². The summed E-state index contributed by atoms with van der Waals surface area (Å²) in [4.78, 5) is 15.9. The summed E-state index contributed by atoms with van der Waals surface area (Å²) < 4.78 is 12.8. The molecule has 0 spiro atoms. The number of anilines is 2. The van der Waals surface area contributed by atoms with E-state index in [1.54, 1.807) is 30.5 Å². The highest BCUT2D eigenvalue weighted by atomic mass is 19.1. The van der Waals surface area contributed by atoms with Gasteiger partial charge in [-0.1, -0.05) is 0 Å². The van der Waals surface area contributed by atoms with Gasteiger partial charge in [-0.05, 0) is 49.2 Å². The lowest BCUT2D eigenvalue weighted by Gasteiger charge is -2.07. The lowest BCUT2D eigenvalue weighted by Crippen LogP contribution is -2.26. The Morgan fingerprint density at radius 2 is 1.80 bits per heavy atom. The number of rotatable bonds is 4. The van der Waals surface area contributed by atoms with Gasteiger partial charge in [-0.25, -0.2) is 9.37 Å². The minimum absolute atomic E-state index is 0.138. The molecule has 0 saturated heterocycles. The molecule has 20 heavy (non-hydrogen) atoms.